The summed E-state index contributed by atoms with van der Waals surface area (Å²) >= 11 is 0. The maximum atomic E-state index is 11.9. The first-order chi connectivity index (χ1) is 6.74. The second-order valence-corrected chi connectivity index (χ2v) is 2.56. The lowest BCUT2D eigenvalue weighted by Crippen LogP contribution is -2.12. The van der Waals surface area contributed by atoms with Gasteiger partial charge in [-0.15, -0.1) is 0 Å². The van der Waals surface area contributed by atoms with Gasteiger partial charge in [0.05, 0.1) is 13.2 Å². The second-order valence-electron chi connectivity index (χ2n) is 2.56. The van der Waals surface area contributed by atoms with Crippen molar-refractivity contribution in [3.05, 3.63) is 18.3 Å². The van der Waals surface area contributed by atoms with Crippen molar-refractivity contribution in [3.8, 4) is 5.75 Å². The van der Waals surface area contributed by atoms with Crippen molar-refractivity contribution in [1.29, 1.82) is 0 Å². The van der Waals surface area contributed by atoms with Crippen molar-refractivity contribution in [2.45, 2.75) is 13.3 Å². The smallest absolute Gasteiger partial charge is 0.255 e. The van der Waals surface area contributed by atoms with Gasteiger partial charge >= 0.3 is 0 Å². The Morgan fingerprint density at radius 3 is 3.00 bits per heavy atom. The Morgan fingerprint density at radius 2 is 2.36 bits per heavy atom. The number of pyridine rings is 1. The van der Waals surface area contributed by atoms with Gasteiger partial charge in [-0.1, -0.05) is 0 Å². The maximum Gasteiger partial charge on any atom is 0.255 e. The summed E-state index contributed by atoms with van der Waals surface area (Å²) in [5, 5.41) is 2.51. The molecule has 78 valence electrons. The molecule has 0 amide bonds. The van der Waals surface area contributed by atoms with Gasteiger partial charge in [0.1, 0.15) is 0 Å². The fourth-order valence-corrected chi connectivity index (χ4v) is 0.969. The van der Waals surface area contributed by atoms with E-state index in [2.05, 4.69) is 10.3 Å². The first-order valence-electron chi connectivity index (χ1n) is 4.34. The Bertz CT molecular complexity index is 281. The van der Waals surface area contributed by atoms with Crippen molar-refractivity contribution in [2.24, 2.45) is 0 Å². The van der Waals surface area contributed by atoms with E-state index in [9.17, 15) is 8.78 Å². The van der Waals surface area contributed by atoms with Crippen LogP contribution in [-0.2, 0) is 0 Å². The molecule has 5 heteroatoms. The number of hydrogen-bond acceptors (Lipinski definition) is 3. The van der Waals surface area contributed by atoms with Crippen LogP contribution in [0.4, 0.5) is 14.6 Å². The van der Waals surface area contributed by atoms with E-state index in [0.29, 0.717) is 18.2 Å². The molecular weight excluding hydrogens is 190 g/mol. The number of anilines is 1. The molecule has 1 aromatic rings. The topological polar surface area (TPSA) is 34.1 Å². The van der Waals surface area contributed by atoms with E-state index in [-0.39, 0.29) is 0 Å². The monoisotopic (exact) mass is 202 g/mol. The highest BCUT2D eigenvalue weighted by Gasteiger charge is 2.06. The molecule has 0 saturated carbocycles. The number of nitrogens with zero attached hydrogens (tertiary/aromatic N) is 1. The van der Waals surface area contributed by atoms with Crippen LogP contribution in [0.25, 0.3) is 0 Å². The number of nitrogens with one attached hydrogen (secondary N) is 1. The molecule has 0 aromatic carbocycles. The third-order valence-electron chi connectivity index (χ3n) is 1.49. The number of rotatable bonds is 5. The Morgan fingerprint density at radius 1 is 1.57 bits per heavy atom. The molecule has 0 unspecified atom stereocenters. The molecule has 0 aliphatic heterocycles. The predicted octanol–water partition coefficient (Wildman–Crippen LogP) is 2.16. The lowest BCUT2D eigenvalue weighted by Gasteiger charge is -2.09. The van der Waals surface area contributed by atoms with Crippen LogP contribution in [0.1, 0.15) is 6.92 Å². The lowest BCUT2D eigenvalue weighted by atomic mass is 10.4. The highest BCUT2D eigenvalue weighted by molar-refractivity contribution is 5.49. The second kappa shape index (κ2) is 5.36. The van der Waals surface area contributed by atoms with Crippen molar-refractivity contribution in [1.82, 2.24) is 4.98 Å². The van der Waals surface area contributed by atoms with Gasteiger partial charge in [-0.05, 0) is 19.1 Å². The van der Waals surface area contributed by atoms with Crippen LogP contribution in [0.2, 0.25) is 0 Å². The number of aromatic nitrogens is 1. The summed E-state index contributed by atoms with van der Waals surface area (Å²) in [7, 11) is 0. The molecule has 0 atom stereocenters. The molecule has 1 heterocycles. The third-order valence-corrected chi connectivity index (χ3v) is 1.49. The normalized spacial score (nSPS) is 10.3. The summed E-state index contributed by atoms with van der Waals surface area (Å²) in [6.45, 7) is 1.88. The fraction of sp³-hybridized carbons (Fsp3) is 0.444. The van der Waals surface area contributed by atoms with Crippen LogP contribution in [0, 0.1) is 0 Å². The van der Waals surface area contributed by atoms with E-state index in [1.54, 1.807) is 12.1 Å². The molecule has 1 N–H and O–H groups in total. The summed E-state index contributed by atoms with van der Waals surface area (Å²) in [6.07, 6.45) is -0.873. The van der Waals surface area contributed by atoms with Crippen LogP contribution < -0.4 is 10.1 Å². The van der Waals surface area contributed by atoms with Crippen LogP contribution in [0.5, 0.6) is 5.75 Å². The number of alkyl halides is 2. The lowest BCUT2D eigenvalue weighted by molar-refractivity contribution is 0.163. The molecule has 3 nitrogen and oxygen atoms in total. The van der Waals surface area contributed by atoms with Gasteiger partial charge in [0.25, 0.3) is 6.43 Å². The zero-order chi connectivity index (χ0) is 10.4. The van der Waals surface area contributed by atoms with Gasteiger partial charge < -0.3 is 10.1 Å². The highest BCUT2D eigenvalue weighted by Crippen LogP contribution is 2.20. The molecule has 0 fully saturated rings. The average Bonchev–Trinajstić information content (AvgIpc) is 2.17. The van der Waals surface area contributed by atoms with Gasteiger partial charge in [0.15, 0.2) is 11.6 Å². The van der Waals surface area contributed by atoms with Crippen molar-refractivity contribution < 1.29 is 13.5 Å². The Hall–Kier alpha value is -1.39. The molecular formula is C9H12F2N2O. The summed E-state index contributed by atoms with van der Waals surface area (Å²) < 4.78 is 29.0. The molecule has 0 aliphatic rings. The molecule has 1 aromatic heterocycles. The maximum absolute atomic E-state index is 11.9. The first-order valence-corrected chi connectivity index (χ1v) is 4.34. The van der Waals surface area contributed by atoms with E-state index in [1.807, 2.05) is 6.92 Å². The van der Waals surface area contributed by atoms with Crippen LogP contribution in [0.15, 0.2) is 18.3 Å². The summed E-state index contributed by atoms with van der Waals surface area (Å²) in [5.41, 5.74) is 0. The molecule has 14 heavy (non-hydrogen) atoms. The van der Waals surface area contributed by atoms with Crippen LogP contribution in [0.3, 0.4) is 0 Å². The van der Waals surface area contributed by atoms with E-state index in [4.69, 9.17) is 4.74 Å². The quantitative estimate of drug-likeness (QED) is 0.794. The van der Waals surface area contributed by atoms with Crippen LogP contribution in [-0.4, -0.2) is 24.6 Å². The minimum atomic E-state index is -2.40. The van der Waals surface area contributed by atoms with Gasteiger partial charge in [-0.2, -0.15) is 0 Å². The minimum absolute atomic E-state index is 0.356. The Kier molecular flexibility index (Phi) is 4.10. The Labute approximate surface area is 81.1 Å². The third kappa shape index (κ3) is 3.16. The standard InChI is InChI=1S/C9H12F2N2O/c1-2-14-7-4-3-5-12-9(7)13-6-8(10)11/h3-5,8H,2,6H2,1H3,(H,12,13). The van der Waals surface area contributed by atoms with Gasteiger partial charge in [0.2, 0.25) is 0 Å². The largest absolute Gasteiger partial charge is 0.490 e. The highest BCUT2D eigenvalue weighted by atomic mass is 19.3. The molecule has 0 bridgehead atoms. The first kappa shape index (κ1) is 10.7. The minimum Gasteiger partial charge on any atom is -0.490 e. The molecule has 0 radical (unpaired) electrons. The molecule has 0 saturated heterocycles. The number of hydrogen-bond donors (Lipinski definition) is 1. The van der Waals surface area contributed by atoms with Crippen LogP contribution >= 0.6 is 0 Å². The van der Waals surface area contributed by atoms with E-state index >= 15 is 0 Å². The number of ether oxygens (including phenoxy) is 1. The summed E-state index contributed by atoms with van der Waals surface area (Å²) in [6, 6.07) is 3.38. The Balaban J connectivity index is 2.64. The van der Waals surface area contributed by atoms with Gasteiger partial charge in [-0.3, -0.25) is 0 Å². The van der Waals surface area contributed by atoms with Gasteiger partial charge in [0, 0.05) is 6.20 Å². The van der Waals surface area contributed by atoms with Crippen molar-refractivity contribution >= 4 is 5.82 Å². The molecule has 0 spiro atoms. The fourth-order valence-electron chi connectivity index (χ4n) is 0.969. The summed E-state index contributed by atoms with van der Waals surface area (Å²) in [5.74, 6) is 0.852. The zero-order valence-corrected chi connectivity index (χ0v) is 7.84. The van der Waals surface area contributed by atoms with Crippen molar-refractivity contribution in [3.63, 3.8) is 0 Å². The SMILES string of the molecule is CCOc1cccnc1NCC(F)F. The predicted molar refractivity (Wildman–Crippen MR) is 49.9 cm³/mol. The van der Waals surface area contributed by atoms with E-state index < -0.39 is 13.0 Å². The number of halogens is 2. The summed E-state index contributed by atoms with van der Waals surface area (Å²) in [4.78, 5) is 3.90. The molecule has 1 rings (SSSR count). The van der Waals surface area contributed by atoms with E-state index in [1.165, 1.54) is 6.20 Å². The van der Waals surface area contributed by atoms with Crippen molar-refractivity contribution in [2.75, 3.05) is 18.5 Å². The zero-order valence-electron chi connectivity index (χ0n) is 7.84. The molecule has 0 aliphatic carbocycles. The van der Waals surface area contributed by atoms with Gasteiger partial charge in [-0.25, -0.2) is 13.8 Å². The average molecular weight is 202 g/mol. The van der Waals surface area contributed by atoms with E-state index in [0.717, 1.165) is 0 Å².